The molecular weight excluding hydrogens is 221 g/mol. The van der Waals surface area contributed by atoms with Gasteiger partial charge >= 0.3 is 0 Å². The Bertz CT molecular complexity index is 470. The Morgan fingerprint density at radius 2 is 2.12 bits per heavy atom. The molecule has 4 heteroatoms. The average molecular weight is 233 g/mol. The van der Waals surface area contributed by atoms with Gasteiger partial charge in [-0.05, 0) is 18.1 Å². The van der Waals surface area contributed by atoms with Crippen LogP contribution in [0.3, 0.4) is 0 Å². The maximum Gasteiger partial charge on any atom is 0.237 e. The molecule has 17 heavy (non-hydrogen) atoms. The number of rotatable bonds is 1. The van der Waals surface area contributed by atoms with Crippen molar-refractivity contribution in [1.82, 2.24) is 4.90 Å². The molecule has 1 aliphatic rings. The molecule has 0 atom stereocenters. The third-order valence-corrected chi connectivity index (χ3v) is 2.43. The Morgan fingerprint density at radius 3 is 2.82 bits per heavy atom. The number of carbonyl (C=O) groups excluding carboxylic acids is 1. The van der Waals surface area contributed by atoms with E-state index in [4.69, 9.17) is 4.74 Å². The molecule has 1 aliphatic heterocycles. The van der Waals surface area contributed by atoms with E-state index in [1.54, 1.807) is 6.07 Å². The smallest absolute Gasteiger partial charge is 0.237 e. The lowest BCUT2D eigenvalue weighted by Crippen LogP contribution is -2.32. The van der Waals surface area contributed by atoms with Gasteiger partial charge in [0.05, 0.1) is 13.2 Å². The molecule has 1 aromatic carbocycles. The van der Waals surface area contributed by atoms with Crippen molar-refractivity contribution in [2.75, 3.05) is 26.3 Å². The zero-order valence-corrected chi connectivity index (χ0v) is 9.28. The molecule has 0 bridgehead atoms. The summed E-state index contributed by atoms with van der Waals surface area (Å²) in [6, 6.07) is 8.31. The van der Waals surface area contributed by atoms with Gasteiger partial charge < -0.3 is 9.64 Å². The van der Waals surface area contributed by atoms with Gasteiger partial charge in [-0.3, -0.25) is 4.79 Å². The summed E-state index contributed by atoms with van der Waals surface area (Å²) in [5.41, 5.74) is 0.283. The molecule has 3 nitrogen and oxygen atoms in total. The van der Waals surface area contributed by atoms with Crippen molar-refractivity contribution < 1.29 is 13.9 Å². The van der Waals surface area contributed by atoms with Gasteiger partial charge in [0.15, 0.2) is 0 Å². The number of ketones is 1. The molecule has 0 radical (unpaired) electrons. The third kappa shape index (κ3) is 3.30. The highest BCUT2D eigenvalue weighted by Gasteiger charge is 2.07. The molecule has 1 aromatic rings. The number of hydrogen-bond donors (Lipinski definition) is 0. The van der Waals surface area contributed by atoms with E-state index in [1.165, 1.54) is 18.2 Å². The summed E-state index contributed by atoms with van der Waals surface area (Å²) in [6.45, 7) is 2.65. The quantitative estimate of drug-likeness (QED) is 0.541. The van der Waals surface area contributed by atoms with E-state index >= 15 is 0 Å². The Kier molecular flexibility index (Phi) is 3.73. The van der Waals surface area contributed by atoms with Gasteiger partial charge in [0.1, 0.15) is 5.82 Å². The minimum Gasteiger partial charge on any atom is -0.378 e. The Hall–Kier alpha value is -1.86. The van der Waals surface area contributed by atoms with E-state index in [1.807, 2.05) is 4.90 Å². The van der Waals surface area contributed by atoms with E-state index in [2.05, 4.69) is 12.0 Å². The van der Waals surface area contributed by atoms with Crippen LogP contribution in [-0.4, -0.2) is 37.0 Å². The van der Waals surface area contributed by atoms with Gasteiger partial charge in [0, 0.05) is 24.7 Å². The topological polar surface area (TPSA) is 29.5 Å². The molecule has 0 unspecified atom stereocenters. The molecule has 0 N–H and O–H groups in total. The summed E-state index contributed by atoms with van der Waals surface area (Å²) in [7, 11) is 0. The van der Waals surface area contributed by atoms with Gasteiger partial charge in [-0.25, -0.2) is 4.39 Å². The van der Waals surface area contributed by atoms with Crippen LogP contribution in [-0.2, 0) is 4.74 Å². The minimum absolute atomic E-state index is 0.283. The summed E-state index contributed by atoms with van der Waals surface area (Å²) >= 11 is 0. The molecule has 0 saturated carbocycles. The maximum absolute atomic E-state index is 12.9. The van der Waals surface area contributed by atoms with Gasteiger partial charge in [0.25, 0.3) is 0 Å². The van der Waals surface area contributed by atoms with E-state index in [0.29, 0.717) is 26.3 Å². The second-order valence-electron chi connectivity index (χ2n) is 3.68. The van der Waals surface area contributed by atoms with E-state index in [0.717, 1.165) is 0 Å². The van der Waals surface area contributed by atoms with Crippen molar-refractivity contribution >= 4 is 5.78 Å². The van der Waals surface area contributed by atoms with Crippen molar-refractivity contribution in [1.29, 1.82) is 0 Å². The Balaban J connectivity index is 2.03. The summed E-state index contributed by atoms with van der Waals surface area (Å²) in [6.07, 6.45) is 0. The number of Topliss-reactive ketones (excluding diaryl/α,β-unsaturated/α-hetero) is 1. The fourth-order valence-corrected chi connectivity index (χ4v) is 1.51. The molecule has 1 saturated heterocycles. The number of carbonyl (C=O) groups is 1. The first kappa shape index (κ1) is 11.6. The normalized spacial score (nSPS) is 15.0. The van der Waals surface area contributed by atoms with Crippen molar-refractivity contribution in [3.8, 4) is 12.0 Å². The van der Waals surface area contributed by atoms with Crippen LogP contribution < -0.4 is 0 Å². The Labute approximate surface area is 99.2 Å². The molecular formula is C13H12FNO2. The summed E-state index contributed by atoms with van der Waals surface area (Å²) in [4.78, 5) is 13.5. The van der Waals surface area contributed by atoms with E-state index in [-0.39, 0.29) is 11.3 Å². The van der Waals surface area contributed by atoms with Gasteiger partial charge in [-0.1, -0.05) is 12.1 Å². The predicted molar refractivity (Wildman–Crippen MR) is 60.9 cm³/mol. The number of morpholine rings is 1. The first-order valence-electron chi connectivity index (χ1n) is 5.40. The zero-order valence-electron chi connectivity index (χ0n) is 9.28. The number of nitrogens with zero attached hydrogens (tertiary/aromatic N) is 1. The second-order valence-corrected chi connectivity index (χ2v) is 3.68. The monoisotopic (exact) mass is 233 g/mol. The molecule has 88 valence electrons. The number of hydrogen-bond acceptors (Lipinski definition) is 3. The van der Waals surface area contributed by atoms with Crippen LogP contribution in [0.25, 0.3) is 0 Å². The number of benzene rings is 1. The zero-order chi connectivity index (χ0) is 12.1. The highest BCUT2D eigenvalue weighted by molar-refractivity contribution is 6.08. The highest BCUT2D eigenvalue weighted by atomic mass is 19.1. The number of halogens is 1. The average Bonchev–Trinajstić information content (AvgIpc) is 2.37. The second kappa shape index (κ2) is 5.46. The molecule has 0 spiro atoms. The van der Waals surface area contributed by atoms with Crippen molar-refractivity contribution in [3.63, 3.8) is 0 Å². The lowest BCUT2D eigenvalue weighted by Gasteiger charge is -2.22. The lowest BCUT2D eigenvalue weighted by molar-refractivity contribution is 0.0637. The molecule has 0 aromatic heterocycles. The molecule has 1 heterocycles. The molecule has 2 rings (SSSR count). The van der Waals surface area contributed by atoms with Crippen LogP contribution in [0.5, 0.6) is 0 Å². The summed E-state index contributed by atoms with van der Waals surface area (Å²) < 4.78 is 18.1. The summed E-state index contributed by atoms with van der Waals surface area (Å²) in [5, 5.41) is 0. The maximum atomic E-state index is 12.9. The minimum atomic E-state index is -0.427. The third-order valence-electron chi connectivity index (χ3n) is 2.43. The summed E-state index contributed by atoms with van der Waals surface area (Å²) in [5.74, 6) is 1.72. The largest absolute Gasteiger partial charge is 0.378 e. The highest BCUT2D eigenvalue weighted by Crippen LogP contribution is 2.04. The van der Waals surface area contributed by atoms with Gasteiger partial charge in [0.2, 0.25) is 5.78 Å². The fourth-order valence-electron chi connectivity index (χ4n) is 1.51. The van der Waals surface area contributed by atoms with Crippen molar-refractivity contribution in [2.24, 2.45) is 0 Å². The van der Waals surface area contributed by atoms with Crippen LogP contribution >= 0.6 is 0 Å². The van der Waals surface area contributed by atoms with Crippen molar-refractivity contribution in [3.05, 3.63) is 35.6 Å². The Morgan fingerprint density at radius 1 is 1.35 bits per heavy atom. The molecule has 1 fully saturated rings. The predicted octanol–water partition coefficient (Wildman–Crippen LogP) is 1.30. The fraction of sp³-hybridized carbons (Fsp3) is 0.308. The molecule has 0 aliphatic carbocycles. The van der Waals surface area contributed by atoms with Gasteiger partial charge in [-0.2, -0.15) is 0 Å². The lowest BCUT2D eigenvalue weighted by atomic mass is 10.1. The van der Waals surface area contributed by atoms with Crippen LogP contribution in [0.2, 0.25) is 0 Å². The number of ether oxygens (including phenoxy) is 1. The first-order chi connectivity index (χ1) is 8.25. The molecule has 0 amide bonds. The van der Waals surface area contributed by atoms with E-state index in [9.17, 15) is 9.18 Å². The van der Waals surface area contributed by atoms with Crippen LogP contribution in [0, 0.1) is 17.8 Å². The van der Waals surface area contributed by atoms with Crippen LogP contribution in [0.4, 0.5) is 4.39 Å². The standard InChI is InChI=1S/C13H12FNO2/c14-12-3-1-2-11(10-12)13(16)4-5-15-6-8-17-9-7-15/h1-3,10H,6-9H2. The van der Waals surface area contributed by atoms with Crippen LogP contribution in [0.15, 0.2) is 24.3 Å². The van der Waals surface area contributed by atoms with Gasteiger partial charge in [-0.15, -0.1) is 0 Å². The van der Waals surface area contributed by atoms with E-state index < -0.39 is 5.82 Å². The first-order valence-corrected chi connectivity index (χ1v) is 5.40. The van der Waals surface area contributed by atoms with Crippen LogP contribution in [0.1, 0.15) is 10.4 Å². The van der Waals surface area contributed by atoms with Crippen molar-refractivity contribution in [2.45, 2.75) is 0 Å². The SMILES string of the molecule is O=C(C#CN1CCOCC1)c1cccc(F)c1.